The summed E-state index contributed by atoms with van der Waals surface area (Å²) in [5.74, 6) is 0.448. The molecule has 35 heavy (non-hydrogen) atoms. The van der Waals surface area contributed by atoms with Gasteiger partial charge < -0.3 is 20.1 Å². The quantitative estimate of drug-likeness (QED) is 0.432. The predicted molar refractivity (Wildman–Crippen MR) is 132 cm³/mol. The third kappa shape index (κ3) is 5.20. The van der Waals surface area contributed by atoms with Gasteiger partial charge in [0.15, 0.2) is 17.2 Å². The number of fused-ring (bicyclic) bond motifs is 1. The van der Waals surface area contributed by atoms with Gasteiger partial charge in [0.25, 0.3) is 11.1 Å². The van der Waals surface area contributed by atoms with E-state index in [0.717, 1.165) is 11.3 Å². The standard InChI is InChI=1S/C23H30N6O6/c1-5-6-10-29-20(24)19(21(31)26-23(29)33)27(2)18(30)8-7-9-28-13-25-15-12-17(35-4)16(34-3)11-14(15)22(28)32/h11-13H,5-10,24H2,1-4H3,(H,26,31,33). The first-order valence-corrected chi connectivity index (χ1v) is 11.2. The SMILES string of the molecule is CCCCn1c(N)c(N(C)C(=O)CCCn2cnc3cc(OC)c(OC)cc3c2=O)c(=O)[nH]c1=O. The highest BCUT2D eigenvalue weighted by molar-refractivity contribution is 5.94. The topological polar surface area (TPSA) is 155 Å². The number of nitrogen functional groups attached to an aromatic ring is 1. The minimum atomic E-state index is -0.726. The van der Waals surface area contributed by atoms with Crippen LogP contribution < -0.4 is 36.9 Å². The van der Waals surface area contributed by atoms with Crippen LogP contribution in [0.5, 0.6) is 11.5 Å². The number of ether oxygens (including phenoxy) is 2. The molecule has 2 aromatic heterocycles. The molecule has 12 heteroatoms. The molecule has 0 aliphatic carbocycles. The van der Waals surface area contributed by atoms with Crippen molar-refractivity contribution in [3.63, 3.8) is 0 Å². The van der Waals surface area contributed by atoms with Crippen LogP contribution in [0.1, 0.15) is 32.6 Å². The molecule has 0 saturated carbocycles. The molecule has 0 unspecified atom stereocenters. The number of benzene rings is 1. The molecule has 3 aromatic rings. The first-order chi connectivity index (χ1) is 16.7. The van der Waals surface area contributed by atoms with Gasteiger partial charge in [0, 0.05) is 32.6 Å². The van der Waals surface area contributed by atoms with Crippen molar-refractivity contribution in [3.05, 3.63) is 49.7 Å². The van der Waals surface area contributed by atoms with E-state index in [2.05, 4.69) is 9.97 Å². The minimum absolute atomic E-state index is 0.0415. The number of unbranched alkanes of at least 4 members (excludes halogenated alkanes) is 1. The fraction of sp³-hybridized carbons (Fsp3) is 0.435. The number of nitrogens with one attached hydrogen (secondary N) is 1. The number of nitrogens with two attached hydrogens (primary N) is 1. The van der Waals surface area contributed by atoms with E-state index in [9.17, 15) is 19.2 Å². The number of nitrogens with zero attached hydrogens (tertiary/aromatic N) is 4. The summed E-state index contributed by atoms with van der Waals surface area (Å²) in [5, 5.41) is 0.363. The van der Waals surface area contributed by atoms with Gasteiger partial charge in [-0.2, -0.15) is 0 Å². The smallest absolute Gasteiger partial charge is 0.330 e. The zero-order valence-electron chi connectivity index (χ0n) is 20.3. The molecule has 0 fully saturated rings. The Bertz CT molecular complexity index is 1410. The molecule has 1 aromatic carbocycles. The number of rotatable bonds is 10. The van der Waals surface area contributed by atoms with Crippen molar-refractivity contribution in [1.82, 2.24) is 19.1 Å². The molecule has 0 spiro atoms. The number of hydrogen-bond donors (Lipinski definition) is 2. The van der Waals surface area contributed by atoms with Crippen LogP contribution in [0.25, 0.3) is 10.9 Å². The Morgan fingerprint density at radius 3 is 2.46 bits per heavy atom. The van der Waals surface area contributed by atoms with Gasteiger partial charge in [-0.05, 0) is 18.9 Å². The van der Waals surface area contributed by atoms with Crippen LogP contribution in [0.15, 0.2) is 32.8 Å². The molecule has 0 aliphatic rings. The minimum Gasteiger partial charge on any atom is -0.493 e. The van der Waals surface area contributed by atoms with Crippen molar-refractivity contribution in [2.45, 2.75) is 45.7 Å². The largest absolute Gasteiger partial charge is 0.493 e. The Morgan fingerprint density at radius 1 is 1.11 bits per heavy atom. The Morgan fingerprint density at radius 2 is 1.80 bits per heavy atom. The van der Waals surface area contributed by atoms with Gasteiger partial charge in [-0.3, -0.25) is 28.5 Å². The highest BCUT2D eigenvalue weighted by Gasteiger charge is 2.21. The molecule has 2 heterocycles. The predicted octanol–water partition coefficient (Wildman–Crippen LogP) is 1.09. The van der Waals surface area contributed by atoms with Gasteiger partial charge in [0.1, 0.15) is 5.82 Å². The van der Waals surface area contributed by atoms with Crippen LogP contribution in [0.2, 0.25) is 0 Å². The Balaban J connectivity index is 1.76. The van der Waals surface area contributed by atoms with Crippen LogP contribution >= 0.6 is 0 Å². The van der Waals surface area contributed by atoms with Crippen LogP contribution in [0.4, 0.5) is 11.5 Å². The van der Waals surface area contributed by atoms with E-state index in [1.54, 1.807) is 12.1 Å². The lowest BCUT2D eigenvalue weighted by Gasteiger charge is -2.20. The van der Waals surface area contributed by atoms with Gasteiger partial charge in [0.05, 0.1) is 31.4 Å². The number of aryl methyl sites for hydroxylation is 1. The first-order valence-electron chi connectivity index (χ1n) is 11.2. The normalized spacial score (nSPS) is 11.0. The summed E-state index contributed by atoms with van der Waals surface area (Å²) in [7, 11) is 4.41. The van der Waals surface area contributed by atoms with E-state index in [-0.39, 0.29) is 35.9 Å². The van der Waals surface area contributed by atoms with Crippen LogP contribution in [0, 0.1) is 0 Å². The Hall–Kier alpha value is -4.09. The summed E-state index contributed by atoms with van der Waals surface area (Å²) < 4.78 is 13.2. The lowest BCUT2D eigenvalue weighted by molar-refractivity contribution is -0.118. The summed E-state index contributed by atoms with van der Waals surface area (Å²) in [6.45, 7) is 2.53. The van der Waals surface area contributed by atoms with Gasteiger partial charge in [-0.1, -0.05) is 13.3 Å². The number of hydrogen-bond acceptors (Lipinski definition) is 8. The molecule has 12 nitrogen and oxygen atoms in total. The van der Waals surface area contributed by atoms with E-state index in [4.69, 9.17) is 15.2 Å². The molecule has 0 atom stereocenters. The number of aromatic nitrogens is 4. The average Bonchev–Trinajstić information content (AvgIpc) is 2.84. The Labute approximate surface area is 200 Å². The monoisotopic (exact) mass is 486 g/mol. The molecule has 1 amide bonds. The molecular weight excluding hydrogens is 456 g/mol. The summed E-state index contributed by atoms with van der Waals surface area (Å²) in [4.78, 5) is 57.9. The maximum atomic E-state index is 12.9. The fourth-order valence-corrected chi connectivity index (χ4v) is 3.78. The fourth-order valence-electron chi connectivity index (χ4n) is 3.78. The van der Waals surface area contributed by atoms with E-state index < -0.39 is 11.2 Å². The van der Waals surface area contributed by atoms with Crippen molar-refractivity contribution in [1.29, 1.82) is 0 Å². The van der Waals surface area contributed by atoms with Crippen LogP contribution in [-0.4, -0.2) is 46.3 Å². The molecule has 188 valence electrons. The average molecular weight is 487 g/mol. The molecule has 0 saturated heterocycles. The van der Waals surface area contributed by atoms with Crippen molar-refractivity contribution in [3.8, 4) is 11.5 Å². The van der Waals surface area contributed by atoms with Crippen LogP contribution in [0.3, 0.4) is 0 Å². The zero-order valence-corrected chi connectivity index (χ0v) is 20.3. The highest BCUT2D eigenvalue weighted by atomic mass is 16.5. The maximum Gasteiger partial charge on any atom is 0.330 e. The van der Waals surface area contributed by atoms with E-state index >= 15 is 0 Å². The van der Waals surface area contributed by atoms with E-state index in [1.165, 1.54) is 36.7 Å². The summed E-state index contributed by atoms with van der Waals surface area (Å²) in [6, 6.07) is 3.20. The second kappa shape index (κ2) is 10.9. The van der Waals surface area contributed by atoms with Gasteiger partial charge >= 0.3 is 5.69 Å². The summed E-state index contributed by atoms with van der Waals surface area (Å²) in [6.07, 6.45) is 3.30. The second-order valence-corrected chi connectivity index (χ2v) is 8.02. The lowest BCUT2D eigenvalue weighted by Crippen LogP contribution is -2.39. The van der Waals surface area contributed by atoms with Gasteiger partial charge in [0.2, 0.25) is 5.91 Å². The van der Waals surface area contributed by atoms with Crippen molar-refractivity contribution in [2.75, 3.05) is 31.9 Å². The molecule has 3 N–H and O–H groups in total. The number of carbonyl (C=O) groups is 1. The van der Waals surface area contributed by atoms with Crippen molar-refractivity contribution >= 4 is 28.3 Å². The van der Waals surface area contributed by atoms with Crippen LogP contribution in [-0.2, 0) is 17.9 Å². The zero-order chi connectivity index (χ0) is 25.7. The molecule has 0 radical (unpaired) electrons. The van der Waals surface area contributed by atoms with E-state index in [1.807, 2.05) is 6.92 Å². The summed E-state index contributed by atoms with van der Waals surface area (Å²) >= 11 is 0. The molecular formula is C23H30N6O6. The maximum absolute atomic E-state index is 12.9. The molecule has 0 bridgehead atoms. The third-order valence-electron chi connectivity index (χ3n) is 5.78. The second-order valence-electron chi connectivity index (χ2n) is 8.02. The number of H-pyrrole nitrogens is 1. The van der Waals surface area contributed by atoms with Crippen molar-refractivity contribution in [2.24, 2.45) is 0 Å². The third-order valence-corrected chi connectivity index (χ3v) is 5.78. The van der Waals surface area contributed by atoms with E-state index in [0.29, 0.717) is 41.8 Å². The van der Waals surface area contributed by atoms with Gasteiger partial charge in [-0.25, -0.2) is 9.78 Å². The summed E-state index contributed by atoms with van der Waals surface area (Å²) in [5.41, 5.74) is 4.86. The molecule has 3 rings (SSSR count). The van der Waals surface area contributed by atoms with Gasteiger partial charge in [-0.15, -0.1) is 0 Å². The number of anilines is 2. The van der Waals surface area contributed by atoms with Crippen molar-refractivity contribution < 1.29 is 14.3 Å². The lowest BCUT2D eigenvalue weighted by atomic mass is 10.2. The first kappa shape index (κ1) is 25.5. The number of aromatic amines is 1. The highest BCUT2D eigenvalue weighted by Crippen LogP contribution is 2.29. The number of methoxy groups -OCH3 is 2. The number of amides is 1. The number of carbonyl (C=O) groups excluding carboxylic acids is 1. The Kier molecular flexibility index (Phi) is 7.94. The molecule has 0 aliphatic heterocycles.